The molecule has 0 saturated carbocycles. The van der Waals surface area contributed by atoms with Crippen LogP contribution in [0.5, 0.6) is 5.75 Å². The Morgan fingerprint density at radius 1 is 1.08 bits per heavy atom. The zero-order chi connectivity index (χ0) is 18.1. The molecule has 0 spiro atoms. The molecule has 136 valence electrons. The molecule has 1 fully saturated rings. The van der Waals surface area contributed by atoms with Crippen LogP contribution in [-0.2, 0) is 0 Å². The van der Waals surface area contributed by atoms with Gasteiger partial charge in [0.25, 0.3) is 0 Å². The second-order valence-corrected chi connectivity index (χ2v) is 6.98. The maximum Gasteiger partial charge on any atom is 0.245 e. The zero-order valence-corrected chi connectivity index (χ0v) is 15.1. The van der Waals surface area contributed by atoms with Crippen molar-refractivity contribution in [1.29, 1.82) is 0 Å². The van der Waals surface area contributed by atoms with Crippen molar-refractivity contribution in [2.75, 3.05) is 30.4 Å². The number of benzene rings is 1. The number of hydrogen-bond donors (Lipinski definition) is 1. The molecule has 0 radical (unpaired) electrons. The standard InChI is InChI=1S/C18H22N6O2/c1-11-8-12(2)10-24(9-11)18-17(20-15-16(21-18)23-26-22-15)19-13-6-4-5-7-14(13)25-3/h4-7,11-12H,8-10H2,1-3H3,(H,19,20,22). The van der Waals surface area contributed by atoms with E-state index in [1.165, 1.54) is 6.42 Å². The predicted molar refractivity (Wildman–Crippen MR) is 98.8 cm³/mol. The van der Waals surface area contributed by atoms with Gasteiger partial charge in [-0.05, 0) is 40.7 Å². The van der Waals surface area contributed by atoms with E-state index in [1.54, 1.807) is 7.11 Å². The highest BCUT2D eigenvalue weighted by molar-refractivity contribution is 5.78. The summed E-state index contributed by atoms with van der Waals surface area (Å²) in [6.45, 7) is 6.38. The van der Waals surface area contributed by atoms with E-state index in [9.17, 15) is 0 Å². The summed E-state index contributed by atoms with van der Waals surface area (Å²) < 4.78 is 10.2. The Kier molecular flexibility index (Phi) is 4.32. The molecule has 1 aromatic carbocycles. The normalized spacial score (nSPS) is 20.3. The van der Waals surface area contributed by atoms with Crippen LogP contribution in [0.15, 0.2) is 28.9 Å². The third-order valence-electron chi connectivity index (χ3n) is 4.62. The summed E-state index contributed by atoms with van der Waals surface area (Å²) in [5.41, 5.74) is 1.61. The average Bonchev–Trinajstić information content (AvgIpc) is 3.08. The van der Waals surface area contributed by atoms with Gasteiger partial charge in [0.1, 0.15) is 5.75 Å². The molecule has 2 aromatic heterocycles. The first kappa shape index (κ1) is 16.6. The van der Waals surface area contributed by atoms with E-state index in [1.807, 2.05) is 24.3 Å². The fourth-order valence-corrected chi connectivity index (χ4v) is 3.65. The van der Waals surface area contributed by atoms with Crippen LogP contribution in [0.2, 0.25) is 0 Å². The van der Waals surface area contributed by atoms with Gasteiger partial charge in [-0.2, -0.15) is 0 Å². The smallest absolute Gasteiger partial charge is 0.245 e. The lowest BCUT2D eigenvalue weighted by Gasteiger charge is -2.36. The molecule has 4 rings (SSSR count). The van der Waals surface area contributed by atoms with Crippen molar-refractivity contribution in [2.24, 2.45) is 11.8 Å². The summed E-state index contributed by atoms with van der Waals surface area (Å²) in [4.78, 5) is 11.5. The monoisotopic (exact) mass is 354 g/mol. The number of piperidine rings is 1. The van der Waals surface area contributed by atoms with Crippen LogP contribution in [0.3, 0.4) is 0 Å². The van der Waals surface area contributed by atoms with Crippen molar-refractivity contribution in [2.45, 2.75) is 20.3 Å². The van der Waals surface area contributed by atoms with Gasteiger partial charge in [-0.1, -0.05) is 26.0 Å². The molecule has 8 heteroatoms. The third-order valence-corrected chi connectivity index (χ3v) is 4.62. The molecule has 1 N–H and O–H groups in total. The number of methoxy groups -OCH3 is 1. The van der Waals surface area contributed by atoms with Crippen molar-refractivity contribution in [3.8, 4) is 5.75 Å². The minimum Gasteiger partial charge on any atom is -0.495 e. The topological polar surface area (TPSA) is 89.2 Å². The molecule has 8 nitrogen and oxygen atoms in total. The second-order valence-electron chi connectivity index (χ2n) is 6.98. The number of nitrogens with zero attached hydrogens (tertiary/aromatic N) is 5. The third kappa shape index (κ3) is 3.14. The molecule has 0 aliphatic carbocycles. The van der Waals surface area contributed by atoms with Crippen LogP contribution in [-0.4, -0.2) is 40.5 Å². The highest BCUT2D eigenvalue weighted by Gasteiger charge is 2.26. The summed E-state index contributed by atoms with van der Waals surface area (Å²) in [6, 6.07) is 7.71. The SMILES string of the molecule is COc1ccccc1Nc1nc2nonc2nc1N1CC(C)CC(C)C1. The molecule has 1 saturated heterocycles. The number of fused-ring (bicyclic) bond motifs is 1. The van der Waals surface area contributed by atoms with E-state index in [0.717, 1.165) is 30.3 Å². The quantitative estimate of drug-likeness (QED) is 0.764. The van der Waals surface area contributed by atoms with E-state index < -0.39 is 0 Å². The lowest BCUT2D eigenvalue weighted by Crippen LogP contribution is -2.39. The highest BCUT2D eigenvalue weighted by atomic mass is 16.6. The van der Waals surface area contributed by atoms with E-state index in [-0.39, 0.29) is 0 Å². The molecule has 1 aliphatic heterocycles. The minimum absolute atomic E-state index is 0.379. The second kappa shape index (κ2) is 6.78. The number of anilines is 3. The van der Waals surface area contributed by atoms with Crippen LogP contribution >= 0.6 is 0 Å². The first-order chi connectivity index (χ1) is 12.6. The molecule has 3 aromatic rings. The van der Waals surface area contributed by atoms with Gasteiger partial charge in [-0.15, -0.1) is 0 Å². The molecule has 2 atom stereocenters. The van der Waals surface area contributed by atoms with E-state index in [0.29, 0.717) is 28.9 Å². The first-order valence-electron chi connectivity index (χ1n) is 8.79. The Balaban J connectivity index is 1.77. The Morgan fingerprint density at radius 2 is 1.77 bits per heavy atom. The van der Waals surface area contributed by atoms with Gasteiger partial charge < -0.3 is 15.0 Å². The molecule has 2 unspecified atom stereocenters. The number of aromatic nitrogens is 4. The Hall–Kier alpha value is -2.90. The van der Waals surface area contributed by atoms with Crippen LogP contribution in [0.1, 0.15) is 20.3 Å². The van der Waals surface area contributed by atoms with E-state index in [4.69, 9.17) is 9.37 Å². The van der Waals surface area contributed by atoms with Crippen LogP contribution < -0.4 is 15.0 Å². The van der Waals surface area contributed by atoms with Gasteiger partial charge in [0.2, 0.25) is 11.3 Å². The van der Waals surface area contributed by atoms with Crippen molar-refractivity contribution in [1.82, 2.24) is 20.3 Å². The van der Waals surface area contributed by atoms with Gasteiger partial charge in [-0.3, -0.25) is 0 Å². The molecular weight excluding hydrogens is 332 g/mol. The maximum atomic E-state index is 5.44. The van der Waals surface area contributed by atoms with Crippen LogP contribution in [0, 0.1) is 11.8 Å². The molecule has 0 amide bonds. The predicted octanol–water partition coefficient (Wildman–Crippen LogP) is 3.25. The minimum atomic E-state index is 0.379. The number of nitrogens with one attached hydrogen (secondary N) is 1. The van der Waals surface area contributed by atoms with E-state index >= 15 is 0 Å². The summed E-state index contributed by atoms with van der Waals surface area (Å²) in [5.74, 6) is 3.30. The average molecular weight is 354 g/mol. The van der Waals surface area contributed by atoms with Crippen molar-refractivity contribution in [3.05, 3.63) is 24.3 Å². The van der Waals surface area contributed by atoms with Crippen molar-refractivity contribution >= 4 is 28.6 Å². The highest BCUT2D eigenvalue weighted by Crippen LogP contribution is 2.34. The molecule has 26 heavy (non-hydrogen) atoms. The zero-order valence-electron chi connectivity index (χ0n) is 15.1. The Bertz CT molecular complexity index is 902. The number of hydrogen-bond acceptors (Lipinski definition) is 8. The van der Waals surface area contributed by atoms with Gasteiger partial charge in [0, 0.05) is 13.1 Å². The molecule has 1 aliphatic rings. The first-order valence-corrected chi connectivity index (χ1v) is 8.79. The maximum absolute atomic E-state index is 5.44. The van der Waals surface area contributed by atoms with Crippen molar-refractivity contribution in [3.63, 3.8) is 0 Å². The van der Waals surface area contributed by atoms with E-state index in [2.05, 4.69) is 44.3 Å². The van der Waals surface area contributed by atoms with Crippen LogP contribution in [0.4, 0.5) is 17.3 Å². The lowest BCUT2D eigenvalue weighted by molar-refractivity contribution is 0.314. The fraction of sp³-hybridized carbons (Fsp3) is 0.444. The van der Waals surface area contributed by atoms with Crippen molar-refractivity contribution < 1.29 is 9.37 Å². The van der Waals surface area contributed by atoms with Gasteiger partial charge in [-0.25, -0.2) is 14.6 Å². The Morgan fingerprint density at radius 3 is 2.50 bits per heavy atom. The Labute approximate surface area is 151 Å². The van der Waals surface area contributed by atoms with Gasteiger partial charge >= 0.3 is 0 Å². The molecular formula is C18H22N6O2. The van der Waals surface area contributed by atoms with Gasteiger partial charge in [0.15, 0.2) is 11.6 Å². The summed E-state index contributed by atoms with van der Waals surface area (Å²) in [5, 5.41) is 11.0. The fourth-order valence-electron chi connectivity index (χ4n) is 3.65. The lowest BCUT2D eigenvalue weighted by atomic mass is 9.92. The number of ether oxygens (including phenoxy) is 1. The van der Waals surface area contributed by atoms with Crippen LogP contribution in [0.25, 0.3) is 11.3 Å². The van der Waals surface area contributed by atoms with Gasteiger partial charge in [0.05, 0.1) is 12.8 Å². The molecule has 0 bridgehead atoms. The summed E-state index contributed by atoms with van der Waals surface area (Å²) >= 11 is 0. The summed E-state index contributed by atoms with van der Waals surface area (Å²) in [6.07, 6.45) is 1.22. The number of rotatable bonds is 4. The largest absolute Gasteiger partial charge is 0.495 e. The summed E-state index contributed by atoms with van der Waals surface area (Å²) in [7, 11) is 1.64. The number of para-hydroxylation sites is 2. The molecule has 3 heterocycles.